The third kappa shape index (κ3) is 5.57. The van der Waals surface area contributed by atoms with Crippen molar-refractivity contribution in [2.45, 2.75) is 64.6 Å². The van der Waals surface area contributed by atoms with Crippen LogP contribution in [0.3, 0.4) is 0 Å². The number of aliphatic carboxylic acids is 1. The van der Waals surface area contributed by atoms with E-state index in [0.29, 0.717) is 12.5 Å². The molecule has 0 spiro atoms. The van der Waals surface area contributed by atoms with Crippen LogP contribution in [0.5, 0.6) is 0 Å². The molecule has 1 heterocycles. The van der Waals surface area contributed by atoms with Gasteiger partial charge in [0.15, 0.2) is 0 Å². The first-order valence-corrected chi connectivity index (χ1v) is 8.22. The van der Waals surface area contributed by atoms with Gasteiger partial charge in [-0.1, -0.05) is 6.92 Å². The minimum atomic E-state index is -0.815. The van der Waals surface area contributed by atoms with Gasteiger partial charge in [0.25, 0.3) is 0 Å². The molecule has 2 N–H and O–H groups in total. The Hall–Kier alpha value is -0.650. The lowest BCUT2D eigenvalue weighted by molar-refractivity contribution is -0.144. The molecule has 0 aromatic carbocycles. The molecule has 1 rings (SSSR count). The summed E-state index contributed by atoms with van der Waals surface area (Å²) in [5.74, 6) is -0.749. The Morgan fingerprint density at radius 1 is 1.43 bits per heavy atom. The van der Waals surface area contributed by atoms with Crippen molar-refractivity contribution in [2.75, 3.05) is 33.2 Å². The van der Waals surface area contributed by atoms with Crippen LogP contribution in [0.25, 0.3) is 0 Å². The minimum absolute atomic E-state index is 0.180. The molecule has 0 aromatic heterocycles. The van der Waals surface area contributed by atoms with E-state index in [-0.39, 0.29) is 6.04 Å². The molecular weight excluding hydrogens is 266 g/mol. The van der Waals surface area contributed by atoms with Gasteiger partial charge in [0.2, 0.25) is 0 Å². The summed E-state index contributed by atoms with van der Waals surface area (Å²) in [6, 6.07) is 0.817. The predicted molar refractivity (Wildman–Crippen MR) is 86.7 cm³/mol. The second-order valence-corrected chi connectivity index (χ2v) is 6.88. The number of nitrogens with one attached hydrogen (secondary N) is 1. The zero-order valence-electron chi connectivity index (χ0n) is 14.4. The Balaban J connectivity index is 2.42. The average Bonchev–Trinajstić information content (AvgIpc) is 2.39. The van der Waals surface area contributed by atoms with Gasteiger partial charge in [-0.25, -0.2) is 0 Å². The molecule has 5 nitrogen and oxygen atoms in total. The monoisotopic (exact) mass is 299 g/mol. The molecule has 21 heavy (non-hydrogen) atoms. The number of carbonyl (C=O) groups is 1. The van der Waals surface area contributed by atoms with Crippen molar-refractivity contribution in [2.24, 2.45) is 0 Å². The molecule has 124 valence electrons. The van der Waals surface area contributed by atoms with Crippen molar-refractivity contribution in [3.63, 3.8) is 0 Å². The standard InChI is InChI=1S/C16H33N3O2/c1-6-14-12-19(11-10-18(14)5)9-7-8-16(4,15(20)21)17-13(2)3/h13-14,17H,6-12H2,1-5H3,(H,20,21). The Bertz CT molecular complexity index is 335. The van der Waals surface area contributed by atoms with Crippen LogP contribution in [0.4, 0.5) is 0 Å². The minimum Gasteiger partial charge on any atom is -0.480 e. The molecule has 0 radical (unpaired) electrons. The van der Waals surface area contributed by atoms with Crippen LogP contribution in [0.15, 0.2) is 0 Å². The molecule has 0 bridgehead atoms. The molecule has 0 amide bonds. The molecule has 2 unspecified atom stereocenters. The maximum Gasteiger partial charge on any atom is 0.323 e. The number of hydrogen-bond acceptors (Lipinski definition) is 4. The van der Waals surface area contributed by atoms with Gasteiger partial charge in [-0.3, -0.25) is 10.1 Å². The third-order valence-corrected chi connectivity index (χ3v) is 4.56. The van der Waals surface area contributed by atoms with Crippen molar-refractivity contribution in [1.82, 2.24) is 15.1 Å². The fourth-order valence-electron chi connectivity index (χ4n) is 3.19. The van der Waals surface area contributed by atoms with E-state index in [9.17, 15) is 9.90 Å². The highest BCUT2D eigenvalue weighted by molar-refractivity contribution is 5.78. The molecular formula is C16H33N3O2. The van der Waals surface area contributed by atoms with Crippen molar-refractivity contribution >= 4 is 5.97 Å². The molecule has 1 saturated heterocycles. The Morgan fingerprint density at radius 2 is 2.10 bits per heavy atom. The maximum absolute atomic E-state index is 11.5. The second kappa shape index (κ2) is 8.11. The second-order valence-electron chi connectivity index (χ2n) is 6.88. The van der Waals surface area contributed by atoms with Crippen LogP contribution < -0.4 is 5.32 Å². The highest BCUT2D eigenvalue weighted by Gasteiger charge is 2.33. The maximum atomic E-state index is 11.5. The number of carboxylic acid groups (broad SMARTS) is 1. The van der Waals surface area contributed by atoms with Gasteiger partial charge in [-0.2, -0.15) is 0 Å². The number of likely N-dealkylation sites (N-methyl/N-ethyl adjacent to an activating group) is 1. The largest absolute Gasteiger partial charge is 0.480 e. The molecule has 1 aliphatic heterocycles. The molecule has 2 atom stereocenters. The van der Waals surface area contributed by atoms with Crippen molar-refractivity contribution in [3.05, 3.63) is 0 Å². The summed E-state index contributed by atoms with van der Waals surface area (Å²) < 4.78 is 0. The van der Waals surface area contributed by atoms with Crippen molar-refractivity contribution in [3.8, 4) is 0 Å². The van der Waals surface area contributed by atoms with Crippen LogP contribution in [-0.2, 0) is 4.79 Å². The van der Waals surface area contributed by atoms with Gasteiger partial charge in [0, 0.05) is 31.7 Å². The van der Waals surface area contributed by atoms with E-state index in [4.69, 9.17) is 0 Å². The van der Waals surface area contributed by atoms with E-state index < -0.39 is 11.5 Å². The molecule has 0 aromatic rings. The molecule has 5 heteroatoms. The number of nitrogens with zero attached hydrogens (tertiary/aromatic N) is 2. The fourth-order valence-corrected chi connectivity index (χ4v) is 3.19. The van der Waals surface area contributed by atoms with E-state index in [2.05, 4.69) is 29.1 Å². The van der Waals surface area contributed by atoms with Crippen molar-refractivity contribution < 1.29 is 9.90 Å². The van der Waals surface area contributed by atoms with Crippen LogP contribution >= 0.6 is 0 Å². The van der Waals surface area contributed by atoms with Gasteiger partial charge >= 0.3 is 5.97 Å². The van der Waals surface area contributed by atoms with Crippen molar-refractivity contribution in [1.29, 1.82) is 0 Å². The van der Waals surface area contributed by atoms with E-state index >= 15 is 0 Å². The summed E-state index contributed by atoms with van der Waals surface area (Å²) in [4.78, 5) is 16.4. The van der Waals surface area contributed by atoms with Gasteiger partial charge in [0.1, 0.15) is 5.54 Å². The summed E-state index contributed by atoms with van der Waals surface area (Å²) in [7, 11) is 2.19. The molecule has 1 fully saturated rings. The number of rotatable bonds is 8. The first-order valence-electron chi connectivity index (χ1n) is 8.22. The summed E-state index contributed by atoms with van der Waals surface area (Å²) >= 11 is 0. The summed E-state index contributed by atoms with van der Waals surface area (Å²) in [5.41, 5.74) is -0.815. The number of hydrogen-bond donors (Lipinski definition) is 2. The highest BCUT2D eigenvalue weighted by Crippen LogP contribution is 2.16. The Kier molecular flexibility index (Phi) is 7.10. The lowest BCUT2D eigenvalue weighted by Gasteiger charge is -2.39. The summed E-state index contributed by atoms with van der Waals surface area (Å²) in [6.07, 6.45) is 2.76. The smallest absolute Gasteiger partial charge is 0.323 e. The zero-order chi connectivity index (χ0) is 16.0. The summed E-state index contributed by atoms with van der Waals surface area (Å²) in [5, 5.41) is 12.6. The lowest BCUT2D eigenvalue weighted by Crippen LogP contribution is -2.53. The van der Waals surface area contributed by atoms with Crippen LogP contribution in [0, 0.1) is 0 Å². The summed E-state index contributed by atoms with van der Waals surface area (Å²) in [6.45, 7) is 12.3. The van der Waals surface area contributed by atoms with Crippen LogP contribution in [-0.4, -0.2) is 71.7 Å². The molecule has 0 aliphatic carbocycles. The Labute approximate surface area is 129 Å². The topological polar surface area (TPSA) is 55.8 Å². The van der Waals surface area contributed by atoms with E-state index in [1.807, 2.05) is 13.8 Å². The third-order valence-electron chi connectivity index (χ3n) is 4.56. The normalized spacial score (nSPS) is 24.2. The first kappa shape index (κ1) is 18.4. The lowest BCUT2D eigenvalue weighted by atomic mass is 9.94. The number of piperazine rings is 1. The quantitative estimate of drug-likeness (QED) is 0.713. The van der Waals surface area contributed by atoms with Gasteiger partial charge in [-0.05, 0) is 53.6 Å². The van der Waals surface area contributed by atoms with Gasteiger partial charge in [-0.15, -0.1) is 0 Å². The zero-order valence-corrected chi connectivity index (χ0v) is 14.4. The van der Waals surface area contributed by atoms with E-state index in [1.165, 1.54) is 6.42 Å². The number of carboxylic acids is 1. The van der Waals surface area contributed by atoms with Crippen LogP contribution in [0.2, 0.25) is 0 Å². The van der Waals surface area contributed by atoms with Gasteiger partial charge < -0.3 is 14.9 Å². The highest BCUT2D eigenvalue weighted by atomic mass is 16.4. The molecule has 1 aliphatic rings. The van der Waals surface area contributed by atoms with Crippen LogP contribution in [0.1, 0.15) is 47.0 Å². The predicted octanol–water partition coefficient (Wildman–Crippen LogP) is 1.63. The van der Waals surface area contributed by atoms with E-state index in [0.717, 1.165) is 32.6 Å². The Morgan fingerprint density at radius 3 is 2.62 bits per heavy atom. The average molecular weight is 299 g/mol. The van der Waals surface area contributed by atoms with Gasteiger partial charge in [0.05, 0.1) is 0 Å². The first-order chi connectivity index (χ1) is 9.78. The SMILES string of the molecule is CCC1CN(CCCC(C)(NC(C)C)C(=O)O)CCN1C. The fraction of sp³-hybridized carbons (Fsp3) is 0.938. The molecule has 0 saturated carbocycles. The van der Waals surface area contributed by atoms with E-state index in [1.54, 1.807) is 6.92 Å².